The number of nitrogens with zero attached hydrogens (tertiary/aromatic N) is 2. The molecule has 0 aliphatic carbocycles. The Morgan fingerprint density at radius 3 is 3.44 bits per heavy atom. The normalized spacial score (nSPS) is 15.2. The van der Waals surface area contributed by atoms with Gasteiger partial charge in [0.05, 0.1) is 6.54 Å². The van der Waals surface area contributed by atoms with Crippen molar-refractivity contribution < 1.29 is 4.39 Å². The van der Waals surface area contributed by atoms with Gasteiger partial charge >= 0.3 is 0 Å². The van der Waals surface area contributed by atoms with Crippen molar-refractivity contribution in [2.24, 2.45) is 0 Å². The molecule has 3 nitrogen and oxygen atoms in total. The molecule has 2 heterocycles. The predicted molar refractivity (Wildman–Crippen MR) is 30.7 cm³/mol. The molecule has 0 saturated carbocycles. The second-order valence-corrected chi connectivity index (χ2v) is 2.00. The summed E-state index contributed by atoms with van der Waals surface area (Å²) in [5, 5.41) is 6.56. The number of rotatable bonds is 0. The van der Waals surface area contributed by atoms with E-state index < -0.39 is 5.95 Å². The fourth-order valence-corrected chi connectivity index (χ4v) is 0.988. The van der Waals surface area contributed by atoms with Gasteiger partial charge in [-0.3, -0.25) is 0 Å². The van der Waals surface area contributed by atoms with Crippen LogP contribution in [0.1, 0.15) is 0 Å². The van der Waals surface area contributed by atoms with Gasteiger partial charge in [0.15, 0.2) is 0 Å². The summed E-state index contributed by atoms with van der Waals surface area (Å²) >= 11 is 0. The molecular weight excluding hydrogens is 121 g/mol. The number of halogens is 1. The van der Waals surface area contributed by atoms with Gasteiger partial charge in [-0.1, -0.05) is 0 Å². The third-order valence-electron chi connectivity index (χ3n) is 1.38. The smallest absolute Gasteiger partial charge is 0.234 e. The number of fused-ring (bicyclic) bond motifs is 1. The van der Waals surface area contributed by atoms with Crippen molar-refractivity contribution >= 4 is 5.82 Å². The highest BCUT2D eigenvalue weighted by molar-refractivity contribution is 5.37. The molecule has 0 bridgehead atoms. The van der Waals surface area contributed by atoms with Crippen molar-refractivity contribution in [2.45, 2.75) is 6.54 Å². The molecule has 1 aliphatic rings. The zero-order valence-corrected chi connectivity index (χ0v) is 4.76. The maximum absolute atomic E-state index is 12.2. The molecule has 4 heteroatoms. The van der Waals surface area contributed by atoms with Crippen molar-refractivity contribution in [1.29, 1.82) is 0 Å². The van der Waals surface area contributed by atoms with Crippen LogP contribution in [0.4, 0.5) is 10.2 Å². The maximum atomic E-state index is 12.2. The van der Waals surface area contributed by atoms with Crippen LogP contribution in [0.5, 0.6) is 0 Å². The van der Waals surface area contributed by atoms with Gasteiger partial charge < -0.3 is 5.32 Å². The van der Waals surface area contributed by atoms with Crippen LogP contribution < -0.4 is 5.32 Å². The standard InChI is InChI=1S/C5H6FN3/c6-4-3-5-7-1-2-9(5)8-4/h3,7H,1-2H2. The fraction of sp³-hybridized carbons (Fsp3) is 0.400. The monoisotopic (exact) mass is 127 g/mol. The van der Waals surface area contributed by atoms with E-state index in [9.17, 15) is 4.39 Å². The van der Waals surface area contributed by atoms with E-state index in [-0.39, 0.29) is 0 Å². The molecule has 0 fully saturated rings. The molecule has 0 radical (unpaired) electrons. The van der Waals surface area contributed by atoms with E-state index >= 15 is 0 Å². The first kappa shape index (κ1) is 4.78. The van der Waals surface area contributed by atoms with Crippen LogP contribution >= 0.6 is 0 Å². The number of hydrogen-bond donors (Lipinski definition) is 1. The summed E-state index contributed by atoms with van der Waals surface area (Å²) in [6.07, 6.45) is 0. The van der Waals surface area contributed by atoms with Crippen molar-refractivity contribution in [1.82, 2.24) is 9.78 Å². The van der Waals surface area contributed by atoms with Gasteiger partial charge in [-0.15, -0.1) is 5.10 Å². The molecule has 1 aromatic rings. The molecule has 0 spiro atoms. The van der Waals surface area contributed by atoms with Crippen LogP contribution in [-0.4, -0.2) is 16.3 Å². The second-order valence-electron chi connectivity index (χ2n) is 2.00. The largest absolute Gasteiger partial charge is 0.368 e. The van der Waals surface area contributed by atoms with E-state index in [0.29, 0.717) is 0 Å². The van der Waals surface area contributed by atoms with Crippen molar-refractivity contribution in [3.8, 4) is 0 Å². The Hall–Kier alpha value is -1.06. The summed E-state index contributed by atoms with van der Waals surface area (Å²) in [7, 11) is 0. The lowest BCUT2D eigenvalue weighted by Crippen LogP contribution is -1.96. The highest BCUT2D eigenvalue weighted by Crippen LogP contribution is 2.13. The van der Waals surface area contributed by atoms with E-state index in [1.807, 2.05) is 0 Å². The second kappa shape index (κ2) is 1.46. The quantitative estimate of drug-likeness (QED) is 0.548. The van der Waals surface area contributed by atoms with Gasteiger partial charge in [0.1, 0.15) is 5.82 Å². The molecule has 0 amide bonds. The molecule has 0 unspecified atom stereocenters. The number of anilines is 1. The third-order valence-corrected chi connectivity index (χ3v) is 1.38. The van der Waals surface area contributed by atoms with Crippen LogP contribution in [0, 0.1) is 5.95 Å². The summed E-state index contributed by atoms with van der Waals surface area (Å²) in [6, 6.07) is 1.40. The summed E-state index contributed by atoms with van der Waals surface area (Å²) in [4.78, 5) is 0. The van der Waals surface area contributed by atoms with E-state index in [1.54, 1.807) is 4.68 Å². The molecule has 0 saturated heterocycles. The van der Waals surface area contributed by atoms with Gasteiger partial charge in [-0.25, -0.2) is 4.68 Å². The molecule has 0 aromatic carbocycles. The van der Waals surface area contributed by atoms with E-state index in [4.69, 9.17) is 0 Å². The lowest BCUT2D eigenvalue weighted by atomic mass is 10.6. The van der Waals surface area contributed by atoms with Crippen molar-refractivity contribution in [3.63, 3.8) is 0 Å². The van der Waals surface area contributed by atoms with Crippen LogP contribution in [0.15, 0.2) is 6.07 Å². The molecule has 1 aromatic heterocycles. The summed E-state index contributed by atoms with van der Waals surface area (Å²) in [5.74, 6) is 0.379. The highest BCUT2D eigenvalue weighted by Gasteiger charge is 2.11. The fourth-order valence-electron chi connectivity index (χ4n) is 0.988. The zero-order chi connectivity index (χ0) is 6.27. The van der Waals surface area contributed by atoms with Crippen LogP contribution in [0.2, 0.25) is 0 Å². The third kappa shape index (κ3) is 0.590. The Kier molecular flexibility index (Phi) is 0.777. The van der Waals surface area contributed by atoms with Crippen molar-refractivity contribution in [2.75, 3.05) is 11.9 Å². The summed E-state index contributed by atoms with van der Waals surface area (Å²) < 4.78 is 13.9. The molecular formula is C5H6FN3. The molecule has 1 N–H and O–H groups in total. The Morgan fingerprint density at radius 2 is 2.67 bits per heavy atom. The minimum atomic E-state index is -0.405. The summed E-state index contributed by atoms with van der Waals surface area (Å²) in [5.41, 5.74) is 0. The number of nitrogens with one attached hydrogen (secondary N) is 1. The first-order valence-electron chi connectivity index (χ1n) is 2.83. The van der Waals surface area contributed by atoms with E-state index in [1.165, 1.54) is 6.07 Å². The minimum Gasteiger partial charge on any atom is -0.368 e. The molecule has 1 aliphatic heterocycles. The van der Waals surface area contributed by atoms with Gasteiger partial charge in [0, 0.05) is 12.6 Å². The first-order chi connectivity index (χ1) is 4.36. The van der Waals surface area contributed by atoms with Crippen LogP contribution in [-0.2, 0) is 6.54 Å². The number of hydrogen-bond acceptors (Lipinski definition) is 2. The zero-order valence-electron chi connectivity index (χ0n) is 4.76. The highest BCUT2D eigenvalue weighted by atomic mass is 19.1. The molecule has 2 rings (SSSR count). The Balaban J connectivity index is 2.51. The SMILES string of the molecule is Fc1cc2n(n1)CCN2. The summed E-state index contributed by atoms with van der Waals surface area (Å²) in [6.45, 7) is 1.64. The lowest BCUT2D eigenvalue weighted by Gasteiger charge is -1.86. The van der Waals surface area contributed by atoms with Gasteiger partial charge in [0.25, 0.3) is 0 Å². The van der Waals surface area contributed by atoms with Gasteiger partial charge in [-0.05, 0) is 0 Å². The predicted octanol–water partition coefficient (Wildman–Crippen LogP) is 0.448. The Morgan fingerprint density at radius 1 is 1.78 bits per heavy atom. The van der Waals surface area contributed by atoms with E-state index in [2.05, 4.69) is 10.4 Å². The molecule has 9 heavy (non-hydrogen) atoms. The molecule has 48 valence electrons. The van der Waals surface area contributed by atoms with Gasteiger partial charge in [-0.2, -0.15) is 4.39 Å². The van der Waals surface area contributed by atoms with Crippen molar-refractivity contribution in [3.05, 3.63) is 12.0 Å². The average Bonchev–Trinajstić information content (AvgIpc) is 2.22. The van der Waals surface area contributed by atoms with Gasteiger partial charge in [0.2, 0.25) is 5.95 Å². The Bertz CT molecular complexity index is 209. The molecule has 0 atom stereocenters. The Labute approximate surface area is 51.5 Å². The lowest BCUT2D eigenvalue weighted by molar-refractivity contribution is 0.539. The van der Waals surface area contributed by atoms with Crippen LogP contribution in [0.3, 0.4) is 0 Å². The number of aromatic nitrogens is 2. The average molecular weight is 127 g/mol. The topological polar surface area (TPSA) is 29.9 Å². The van der Waals surface area contributed by atoms with Crippen LogP contribution in [0.25, 0.3) is 0 Å². The first-order valence-corrected chi connectivity index (χ1v) is 2.83. The minimum absolute atomic E-state index is 0.405. The van der Waals surface area contributed by atoms with E-state index in [0.717, 1.165) is 18.9 Å². The maximum Gasteiger partial charge on any atom is 0.234 e.